The predicted molar refractivity (Wildman–Crippen MR) is 54.5 cm³/mol. The van der Waals surface area contributed by atoms with Gasteiger partial charge in [-0.2, -0.15) is 0 Å². The van der Waals surface area contributed by atoms with E-state index in [1.807, 2.05) is 6.92 Å². The van der Waals surface area contributed by atoms with Gasteiger partial charge in [0, 0.05) is 12.8 Å². The van der Waals surface area contributed by atoms with Gasteiger partial charge in [0.25, 0.3) is 0 Å². The molecule has 0 radical (unpaired) electrons. The largest absolute Gasteiger partial charge is 0.376 e. The van der Waals surface area contributed by atoms with Crippen molar-refractivity contribution in [3.05, 3.63) is 17.5 Å². The summed E-state index contributed by atoms with van der Waals surface area (Å²) >= 11 is 5.65. The first-order valence-electron chi connectivity index (χ1n) is 4.66. The van der Waals surface area contributed by atoms with Gasteiger partial charge in [-0.15, -0.1) is 0 Å². The van der Waals surface area contributed by atoms with Gasteiger partial charge in [0.05, 0.1) is 12.1 Å². The molecule has 1 aliphatic carbocycles. The van der Waals surface area contributed by atoms with Gasteiger partial charge in [-0.25, -0.2) is 9.97 Å². The van der Waals surface area contributed by atoms with Crippen LogP contribution >= 0.6 is 11.6 Å². The third kappa shape index (κ3) is 2.33. The molecule has 1 aromatic heterocycles. The van der Waals surface area contributed by atoms with E-state index in [-0.39, 0.29) is 5.28 Å². The van der Waals surface area contributed by atoms with Gasteiger partial charge in [0.1, 0.15) is 5.82 Å². The molecular formula is C9H12ClN3O. The third-order valence-electron chi connectivity index (χ3n) is 2.07. The summed E-state index contributed by atoms with van der Waals surface area (Å²) < 4.78 is 5.43. The van der Waals surface area contributed by atoms with Crippen molar-refractivity contribution < 1.29 is 4.74 Å². The average Bonchev–Trinajstić information content (AvgIpc) is 2.84. The molecule has 1 heterocycles. The lowest BCUT2D eigenvalue weighted by Gasteiger charge is -2.04. The minimum absolute atomic E-state index is 0.267. The van der Waals surface area contributed by atoms with Gasteiger partial charge in [-0.3, -0.25) is 0 Å². The van der Waals surface area contributed by atoms with Crippen LogP contribution in [-0.2, 0) is 4.74 Å². The zero-order chi connectivity index (χ0) is 9.97. The van der Waals surface area contributed by atoms with E-state index in [2.05, 4.69) is 15.3 Å². The quantitative estimate of drug-likeness (QED) is 0.774. The van der Waals surface area contributed by atoms with Crippen LogP contribution in [0, 0.1) is 0 Å². The second-order valence-corrected chi connectivity index (χ2v) is 3.53. The molecule has 1 aliphatic rings. The normalized spacial score (nSPS) is 24.7. The van der Waals surface area contributed by atoms with E-state index < -0.39 is 0 Å². The fourth-order valence-corrected chi connectivity index (χ4v) is 1.47. The Hall–Kier alpha value is -0.870. The molecule has 0 bridgehead atoms. The number of nitrogens with one attached hydrogen (secondary N) is 1. The number of hydrogen-bond acceptors (Lipinski definition) is 4. The summed E-state index contributed by atoms with van der Waals surface area (Å²) in [6.45, 7) is 2.75. The first kappa shape index (κ1) is 9.68. The van der Waals surface area contributed by atoms with E-state index in [4.69, 9.17) is 16.3 Å². The van der Waals surface area contributed by atoms with Crippen LogP contribution in [0.2, 0.25) is 5.28 Å². The summed E-state index contributed by atoms with van der Waals surface area (Å²) in [4.78, 5) is 7.84. The average molecular weight is 214 g/mol. The van der Waals surface area contributed by atoms with Crippen LogP contribution in [0.4, 0.5) is 5.82 Å². The van der Waals surface area contributed by atoms with Crippen LogP contribution in [0.3, 0.4) is 0 Å². The standard InChI is InChI=1S/C9H12ClN3O/c1-2-14-7-5-6(7)12-8-3-4-11-9(10)13-8/h3-4,6-7H,2,5H2,1H3,(H,11,12,13). The number of rotatable bonds is 4. The SMILES string of the molecule is CCOC1CC1Nc1ccnc(Cl)n1. The topological polar surface area (TPSA) is 47.0 Å². The molecule has 76 valence electrons. The fourth-order valence-electron chi connectivity index (χ4n) is 1.33. The lowest BCUT2D eigenvalue weighted by Crippen LogP contribution is -2.10. The van der Waals surface area contributed by atoms with Crippen LogP contribution in [0.5, 0.6) is 0 Å². The first-order chi connectivity index (χ1) is 6.79. The smallest absolute Gasteiger partial charge is 0.224 e. The second kappa shape index (κ2) is 4.11. The Balaban J connectivity index is 1.87. The minimum Gasteiger partial charge on any atom is -0.376 e. The molecule has 1 aromatic rings. The molecule has 0 aliphatic heterocycles. The zero-order valence-electron chi connectivity index (χ0n) is 7.90. The summed E-state index contributed by atoms with van der Waals surface area (Å²) in [6.07, 6.45) is 3.00. The summed E-state index contributed by atoms with van der Waals surface area (Å²) in [5, 5.41) is 3.50. The van der Waals surface area contributed by atoms with E-state index in [1.165, 1.54) is 0 Å². The predicted octanol–water partition coefficient (Wildman–Crippen LogP) is 1.72. The molecule has 2 atom stereocenters. The molecule has 1 fully saturated rings. The maximum Gasteiger partial charge on any atom is 0.224 e. The fraction of sp³-hybridized carbons (Fsp3) is 0.556. The Morgan fingerprint density at radius 1 is 1.71 bits per heavy atom. The molecular weight excluding hydrogens is 202 g/mol. The maximum atomic E-state index is 5.65. The lowest BCUT2D eigenvalue weighted by atomic mass is 10.5. The number of aromatic nitrogens is 2. The number of hydrogen-bond donors (Lipinski definition) is 1. The number of anilines is 1. The van der Waals surface area contributed by atoms with Gasteiger partial charge >= 0.3 is 0 Å². The molecule has 2 unspecified atom stereocenters. The molecule has 14 heavy (non-hydrogen) atoms. The highest BCUT2D eigenvalue weighted by Crippen LogP contribution is 2.28. The molecule has 0 spiro atoms. The molecule has 4 nitrogen and oxygen atoms in total. The number of ether oxygens (including phenoxy) is 1. The van der Waals surface area contributed by atoms with Gasteiger partial charge in [-0.05, 0) is 31.0 Å². The zero-order valence-corrected chi connectivity index (χ0v) is 8.66. The van der Waals surface area contributed by atoms with Crippen molar-refractivity contribution in [1.82, 2.24) is 9.97 Å². The molecule has 1 saturated carbocycles. The van der Waals surface area contributed by atoms with E-state index in [1.54, 1.807) is 12.3 Å². The molecule has 0 saturated heterocycles. The van der Waals surface area contributed by atoms with Gasteiger partial charge in [0.15, 0.2) is 0 Å². The van der Waals surface area contributed by atoms with E-state index in [0.29, 0.717) is 12.1 Å². The summed E-state index contributed by atoms with van der Waals surface area (Å²) in [6, 6.07) is 2.17. The maximum absolute atomic E-state index is 5.65. The Morgan fingerprint density at radius 3 is 3.29 bits per heavy atom. The van der Waals surface area contributed by atoms with Gasteiger partial charge < -0.3 is 10.1 Å². The highest BCUT2D eigenvalue weighted by molar-refractivity contribution is 6.28. The van der Waals surface area contributed by atoms with E-state index in [0.717, 1.165) is 18.8 Å². The van der Waals surface area contributed by atoms with Crippen LogP contribution in [0.15, 0.2) is 12.3 Å². The lowest BCUT2D eigenvalue weighted by molar-refractivity contribution is 0.130. The molecule has 2 rings (SSSR count). The molecule has 0 aromatic carbocycles. The first-order valence-corrected chi connectivity index (χ1v) is 5.04. The highest BCUT2D eigenvalue weighted by atomic mass is 35.5. The van der Waals surface area contributed by atoms with Gasteiger partial charge in [-0.1, -0.05) is 0 Å². The van der Waals surface area contributed by atoms with Crippen molar-refractivity contribution >= 4 is 17.4 Å². The summed E-state index contributed by atoms with van der Waals surface area (Å²) in [5.41, 5.74) is 0. The van der Waals surface area contributed by atoms with Crippen molar-refractivity contribution in [1.29, 1.82) is 0 Å². The number of nitrogens with zero attached hydrogens (tertiary/aromatic N) is 2. The Kier molecular flexibility index (Phi) is 2.84. The van der Waals surface area contributed by atoms with Crippen LogP contribution < -0.4 is 5.32 Å². The van der Waals surface area contributed by atoms with Crippen LogP contribution in [0.25, 0.3) is 0 Å². The summed E-state index contributed by atoms with van der Waals surface area (Å²) in [7, 11) is 0. The molecule has 5 heteroatoms. The Bertz CT molecular complexity index is 321. The Labute approximate surface area is 87.7 Å². The second-order valence-electron chi connectivity index (χ2n) is 3.19. The van der Waals surface area contributed by atoms with Crippen molar-refractivity contribution in [2.75, 3.05) is 11.9 Å². The Morgan fingerprint density at radius 2 is 2.57 bits per heavy atom. The number of halogens is 1. The van der Waals surface area contributed by atoms with Crippen LogP contribution in [0.1, 0.15) is 13.3 Å². The highest BCUT2D eigenvalue weighted by Gasteiger charge is 2.38. The van der Waals surface area contributed by atoms with Crippen molar-refractivity contribution in [2.24, 2.45) is 0 Å². The van der Waals surface area contributed by atoms with E-state index >= 15 is 0 Å². The third-order valence-corrected chi connectivity index (χ3v) is 2.25. The van der Waals surface area contributed by atoms with Crippen molar-refractivity contribution in [3.63, 3.8) is 0 Å². The van der Waals surface area contributed by atoms with Crippen molar-refractivity contribution in [2.45, 2.75) is 25.5 Å². The summed E-state index contributed by atoms with van der Waals surface area (Å²) in [5.74, 6) is 0.761. The van der Waals surface area contributed by atoms with Crippen molar-refractivity contribution in [3.8, 4) is 0 Å². The van der Waals surface area contributed by atoms with Gasteiger partial charge in [0.2, 0.25) is 5.28 Å². The minimum atomic E-state index is 0.267. The monoisotopic (exact) mass is 213 g/mol. The van der Waals surface area contributed by atoms with Crippen LogP contribution in [-0.4, -0.2) is 28.7 Å². The molecule has 1 N–H and O–H groups in total. The van der Waals surface area contributed by atoms with E-state index in [9.17, 15) is 0 Å². The molecule has 0 amide bonds.